The lowest BCUT2D eigenvalue weighted by molar-refractivity contribution is 0.867. The van der Waals surface area contributed by atoms with Gasteiger partial charge in [0.1, 0.15) is 0 Å². The second-order valence-electron chi connectivity index (χ2n) is 2.90. The summed E-state index contributed by atoms with van der Waals surface area (Å²) in [5.41, 5.74) is 1.48. The Morgan fingerprint density at radius 1 is 1.36 bits per heavy atom. The second kappa shape index (κ2) is 5.42. The van der Waals surface area contributed by atoms with Gasteiger partial charge in [0.25, 0.3) is 0 Å². The van der Waals surface area contributed by atoms with Crippen LogP contribution in [-0.4, -0.2) is 5.88 Å². The van der Waals surface area contributed by atoms with Crippen molar-refractivity contribution in [3.8, 4) is 0 Å². The Hall–Kier alpha value is -0.230. The maximum Gasteiger partial charge on any atom is 0.0226 e. The van der Waals surface area contributed by atoms with Crippen molar-refractivity contribution in [1.29, 1.82) is 0 Å². The van der Waals surface area contributed by atoms with Crippen LogP contribution in [0.5, 0.6) is 0 Å². The zero-order chi connectivity index (χ0) is 7.94. The predicted octanol–water partition coefficient (Wildman–Crippen LogP) is 3.67. The van der Waals surface area contributed by atoms with Crippen molar-refractivity contribution in [2.75, 3.05) is 5.88 Å². The number of hydrogen-bond acceptors (Lipinski definition) is 0. The molecule has 11 heavy (non-hydrogen) atoms. The highest BCUT2D eigenvalue weighted by atomic mass is 35.5. The molecule has 1 rings (SSSR count). The first kappa shape index (κ1) is 8.86. The van der Waals surface area contributed by atoms with Gasteiger partial charge in [-0.15, -0.1) is 11.6 Å². The van der Waals surface area contributed by atoms with E-state index in [2.05, 4.69) is 18.2 Å². The van der Waals surface area contributed by atoms with Gasteiger partial charge >= 0.3 is 0 Å². The van der Waals surface area contributed by atoms with Gasteiger partial charge in [-0.25, -0.2) is 0 Å². The summed E-state index contributed by atoms with van der Waals surface area (Å²) < 4.78 is 0. The van der Waals surface area contributed by atoms with Crippen LogP contribution in [-0.2, 0) is 0 Å². The molecule has 0 saturated heterocycles. The van der Waals surface area contributed by atoms with Gasteiger partial charge in [-0.05, 0) is 32.1 Å². The molecule has 1 aliphatic rings. The molecule has 0 fully saturated rings. The molecule has 0 aromatic heterocycles. The van der Waals surface area contributed by atoms with Crippen molar-refractivity contribution in [2.45, 2.75) is 32.1 Å². The summed E-state index contributed by atoms with van der Waals surface area (Å²) >= 11 is 5.61. The molecular weight excluding hydrogens is 156 g/mol. The summed E-state index contributed by atoms with van der Waals surface area (Å²) in [4.78, 5) is 0. The molecular formula is C10H15Cl. The predicted molar refractivity (Wildman–Crippen MR) is 51.0 cm³/mol. The molecule has 0 nitrogen and oxygen atoms in total. The zero-order valence-electron chi connectivity index (χ0n) is 6.85. The maximum absolute atomic E-state index is 5.61. The van der Waals surface area contributed by atoms with Crippen LogP contribution in [0.3, 0.4) is 0 Å². The Morgan fingerprint density at radius 2 is 2.27 bits per heavy atom. The van der Waals surface area contributed by atoms with Crippen LogP contribution in [0.1, 0.15) is 32.1 Å². The highest BCUT2D eigenvalue weighted by Gasteiger charge is 1.95. The molecule has 0 aliphatic heterocycles. The van der Waals surface area contributed by atoms with E-state index in [0.717, 1.165) is 18.7 Å². The van der Waals surface area contributed by atoms with Crippen molar-refractivity contribution >= 4 is 11.6 Å². The number of allylic oxidation sites excluding steroid dienone is 4. The van der Waals surface area contributed by atoms with E-state index in [4.69, 9.17) is 11.6 Å². The van der Waals surface area contributed by atoms with Crippen molar-refractivity contribution in [3.05, 3.63) is 23.8 Å². The Kier molecular flexibility index (Phi) is 4.37. The van der Waals surface area contributed by atoms with Crippen molar-refractivity contribution < 1.29 is 0 Å². The summed E-state index contributed by atoms with van der Waals surface area (Å²) in [5.74, 6) is 0.783. The minimum Gasteiger partial charge on any atom is -0.127 e. The summed E-state index contributed by atoms with van der Waals surface area (Å²) in [6, 6.07) is 0. The smallest absolute Gasteiger partial charge is 0.0226 e. The Balaban J connectivity index is 2.34. The van der Waals surface area contributed by atoms with Crippen LogP contribution < -0.4 is 0 Å². The molecule has 1 aliphatic carbocycles. The lowest BCUT2D eigenvalue weighted by atomic mass is 10.1. The van der Waals surface area contributed by atoms with Crippen LogP contribution in [0.15, 0.2) is 23.8 Å². The average Bonchev–Trinajstić information content (AvgIpc) is 2.28. The Bertz CT molecular complexity index is 156. The molecule has 0 aromatic carbocycles. The third-order valence-electron chi connectivity index (χ3n) is 1.91. The fourth-order valence-corrected chi connectivity index (χ4v) is 1.42. The molecule has 0 heterocycles. The summed E-state index contributed by atoms with van der Waals surface area (Å²) in [6.07, 6.45) is 12.9. The zero-order valence-corrected chi connectivity index (χ0v) is 7.61. The minimum atomic E-state index is 0.783. The van der Waals surface area contributed by atoms with E-state index in [1.54, 1.807) is 0 Å². The standard InChI is InChI=1S/C10H15Cl/c11-9-5-8-10-6-3-1-2-4-7-10/h3,6-7H,1-2,4-5,8-9H2. The van der Waals surface area contributed by atoms with Crippen molar-refractivity contribution in [2.24, 2.45) is 0 Å². The molecule has 0 bridgehead atoms. The van der Waals surface area contributed by atoms with Gasteiger partial charge in [0.15, 0.2) is 0 Å². The number of halogens is 1. The van der Waals surface area contributed by atoms with Crippen LogP contribution in [0.25, 0.3) is 0 Å². The molecule has 1 heteroatoms. The highest BCUT2D eigenvalue weighted by molar-refractivity contribution is 6.17. The van der Waals surface area contributed by atoms with Crippen LogP contribution >= 0.6 is 11.6 Å². The molecule has 0 saturated carbocycles. The number of rotatable bonds is 3. The van der Waals surface area contributed by atoms with Gasteiger partial charge in [-0.2, -0.15) is 0 Å². The van der Waals surface area contributed by atoms with E-state index >= 15 is 0 Å². The normalized spacial score (nSPS) is 17.7. The minimum absolute atomic E-state index is 0.783. The van der Waals surface area contributed by atoms with E-state index in [1.165, 1.54) is 24.8 Å². The van der Waals surface area contributed by atoms with Crippen LogP contribution in [0, 0.1) is 0 Å². The molecule has 62 valence electrons. The first-order valence-corrected chi connectivity index (χ1v) is 4.88. The highest BCUT2D eigenvalue weighted by Crippen LogP contribution is 2.14. The first-order valence-electron chi connectivity index (χ1n) is 4.35. The van der Waals surface area contributed by atoms with E-state index in [1.807, 2.05) is 0 Å². The van der Waals surface area contributed by atoms with Gasteiger partial charge in [0.05, 0.1) is 0 Å². The monoisotopic (exact) mass is 170 g/mol. The quantitative estimate of drug-likeness (QED) is 0.567. The molecule has 0 aromatic rings. The third kappa shape index (κ3) is 3.62. The lowest BCUT2D eigenvalue weighted by Gasteiger charge is -1.97. The van der Waals surface area contributed by atoms with Crippen LogP contribution in [0.2, 0.25) is 0 Å². The van der Waals surface area contributed by atoms with E-state index in [0.29, 0.717) is 0 Å². The van der Waals surface area contributed by atoms with Gasteiger partial charge in [-0.3, -0.25) is 0 Å². The summed E-state index contributed by atoms with van der Waals surface area (Å²) in [5, 5.41) is 0. The van der Waals surface area contributed by atoms with Crippen LogP contribution in [0.4, 0.5) is 0 Å². The van der Waals surface area contributed by atoms with Gasteiger partial charge in [0, 0.05) is 5.88 Å². The van der Waals surface area contributed by atoms with Gasteiger partial charge in [-0.1, -0.05) is 23.8 Å². The Morgan fingerprint density at radius 3 is 3.09 bits per heavy atom. The largest absolute Gasteiger partial charge is 0.127 e. The van der Waals surface area contributed by atoms with Crippen molar-refractivity contribution in [1.82, 2.24) is 0 Å². The lowest BCUT2D eigenvalue weighted by Crippen LogP contribution is -1.80. The van der Waals surface area contributed by atoms with E-state index < -0.39 is 0 Å². The van der Waals surface area contributed by atoms with Gasteiger partial charge in [0.2, 0.25) is 0 Å². The second-order valence-corrected chi connectivity index (χ2v) is 3.28. The van der Waals surface area contributed by atoms with E-state index in [9.17, 15) is 0 Å². The SMILES string of the molecule is ClCCCC1=CCCCC=C1. The number of alkyl halides is 1. The summed E-state index contributed by atoms with van der Waals surface area (Å²) in [7, 11) is 0. The van der Waals surface area contributed by atoms with E-state index in [-0.39, 0.29) is 0 Å². The molecule has 0 amide bonds. The number of hydrogen-bond donors (Lipinski definition) is 0. The molecule has 0 unspecified atom stereocenters. The van der Waals surface area contributed by atoms with Crippen molar-refractivity contribution in [3.63, 3.8) is 0 Å². The average molecular weight is 171 g/mol. The molecule has 0 spiro atoms. The van der Waals surface area contributed by atoms with Gasteiger partial charge < -0.3 is 0 Å². The Labute approximate surface area is 73.9 Å². The fraction of sp³-hybridized carbons (Fsp3) is 0.600. The maximum atomic E-state index is 5.61. The first-order chi connectivity index (χ1) is 5.43. The molecule has 0 atom stereocenters. The summed E-state index contributed by atoms with van der Waals surface area (Å²) in [6.45, 7) is 0. The molecule has 0 radical (unpaired) electrons. The molecule has 0 N–H and O–H groups in total. The topological polar surface area (TPSA) is 0 Å². The third-order valence-corrected chi connectivity index (χ3v) is 2.18. The fourth-order valence-electron chi connectivity index (χ4n) is 1.28.